The van der Waals surface area contributed by atoms with E-state index in [1.807, 2.05) is 0 Å². The van der Waals surface area contributed by atoms with E-state index in [0.717, 1.165) is 30.1 Å². The van der Waals surface area contributed by atoms with Gasteiger partial charge in [-0.25, -0.2) is 0 Å². The molecule has 3 saturated carbocycles. The van der Waals surface area contributed by atoms with Gasteiger partial charge in [0.1, 0.15) is 0 Å². The van der Waals surface area contributed by atoms with Crippen molar-refractivity contribution in [3.63, 3.8) is 0 Å². The first-order valence-corrected chi connectivity index (χ1v) is 12.3. The van der Waals surface area contributed by atoms with Crippen LogP contribution in [0.15, 0.2) is 24.3 Å². The monoisotopic (exact) mass is 481 g/mol. The average molecular weight is 482 g/mol. The SMILES string of the molecule is C=C1C[C@H]2[N-]C(=O)C=C[C@]2(C)C2CC[C@@]3(C)C(CC[C@@H]3C(C)CCCC(C)C)C12.[Rb+]. The number of carbonyl (C=O) groups excluding carboxylic acids is 1. The van der Waals surface area contributed by atoms with E-state index in [2.05, 4.69) is 52.6 Å². The molecular formula is C27H42NORb. The van der Waals surface area contributed by atoms with Crippen LogP contribution < -0.4 is 58.2 Å². The Kier molecular flexibility index (Phi) is 8.08. The Labute approximate surface area is 234 Å². The van der Waals surface area contributed by atoms with E-state index in [-0.39, 0.29) is 75.6 Å². The molecule has 4 unspecified atom stereocenters. The van der Waals surface area contributed by atoms with Crippen molar-refractivity contribution < 1.29 is 63.0 Å². The maximum absolute atomic E-state index is 11.9. The van der Waals surface area contributed by atoms with E-state index in [4.69, 9.17) is 0 Å². The molecule has 4 rings (SSSR count). The fourth-order valence-electron chi connectivity index (χ4n) is 8.15. The zero-order valence-electron chi connectivity index (χ0n) is 20.4. The molecule has 162 valence electrons. The van der Waals surface area contributed by atoms with Crippen molar-refractivity contribution >= 4 is 5.91 Å². The molecule has 0 N–H and O–H groups in total. The summed E-state index contributed by atoms with van der Waals surface area (Å²) in [4.78, 5) is 11.9. The van der Waals surface area contributed by atoms with Crippen LogP contribution in [-0.2, 0) is 4.79 Å². The van der Waals surface area contributed by atoms with Gasteiger partial charge in [0.15, 0.2) is 0 Å². The van der Waals surface area contributed by atoms with Crippen molar-refractivity contribution in [3.8, 4) is 0 Å². The fourth-order valence-corrected chi connectivity index (χ4v) is 8.15. The van der Waals surface area contributed by atoms with Crippen molar-refractivity contribution in [1.82, 2.24) is 0 Å². The molecule has 30 heavy (non-hydrogen) atoms. The summed E-state index contributed by atoms with van der Waals surface area (Å²) in [6.45, 7) is 16.8. The van der Waals surface area contributed by atoms with Crippen LogP contribution in [0.2, 0.25) is 0 Å². The maximum atomic E-state index is 11.9. The predicted octanol–water partition coefficient (Wildman–Crippen LogP) is 4.32. The van der Waals surface area contributed by atoms with Crippen LogP contribution in [-0.4, -0.2) is 11.9 Å². The molecule has 3 aliphatic carbocycles. The van der Waals surface area contributed by atoms with Gasteiger partial charge < -0.3 is 10.1 Å². The first-order valence-electron chi connectivity index (χ1n) is 12.3. The molecule has 0 spiro atoms. The molecule has 0 aromatic heterocycles. The van der Waals surface area contributed by atoms with Crippen molar-refractivity contribution in [2.45, 2.75) is 92.0 Å². The fraction of sp³-hybridized carbons (Fsp3) is 0.815. The van der Waals surface area contributed by atoms with Gasteiger partial charge in [-0.3, -0.25) is 0 Å². The number of nitrogens with zero attached hydrogens (tertiary/aromatic N) is 1. The minimum Gasteiger partial charge on any atom is -0.646 e. The first-order chi connectivity index (χ1) is 13.7. The molecule has 0 saturated heterocycles. The minimum atomic E-state index is -0.0458. The Bertz CT molecular complexity index is 699. The van der Waals surface area contributed by atoms with Gasteiger partial charge >= 0.3 is 58.2 Å². The van der Waals surface area contributed by atoms with Crippen LogP contribution in [0, 0.1) is 46.3 Å². The quantitative estimate of drug-likeness (QED) is 0.538. The molecule has 0 bridgehead atoms. The maximum Gasteiger partial charge on any atom is 1.00 e. The van der Waals surface area contributed by atoms with Crippen LogP contribution >= 0.6 is 0 Å². The van der Waals surface area contributed by atoms with Crippen molar-refractivity contribution in [2.24, 2.45) is 46.3 Å². The summed E-state index contributed by atoms with van der Waals surface area (Å²) in [6.07, 6.45) is 14.4. The molecule has 8 atom stereocenters. The second-order valence-corrected chi connectivity index (χ2v) is 11.8. The van der Waals surface area contributed by atoms with E-state index in [9.17, 15) is 4.79 Å². The van der Waals surface area contributed by atoms with Gasteiger partial charge in [-0.2, -0.15) is 0 Å². The number of hydrogen-bond acceptors (Lipinski definition) is 1. The number of hydrogen-bond donors (Lipinski definition) is 0. The van der Waals surface area contributed by atoms with Crippen molar-refractivity contribution in [3.05, 3.63) is 29.6 Å². The van der Waals surface area contributed by atoms with Crippen LogP contribution in [0.5, 0.6) is 0 Å². The first kappa shape index (κ1) is 25.4. The number of rotatable bonds is 5. The summed E-state index contributed by atoms with van der Waals surface area (Å²) in [5, 5.41) is 4.52. The van der Waals surface area contributed by atoms with Gasteiger partial charge in [0, 0.05) is 0 Å². The Morgan fingerprint density at radius 1 is 1.13 bits per heavy atom. The zero-order chi connectivity index (χ0) is 21.0. The molecule has 0 radical (unpaired) electrons. The molecule has 3 fully saturated rings. The third-order valence-electron chi connectivity index (χ3n) is 9.78. The molecule has 3 heteroatoms. The normalized spacial score (nSPS) is 43.3. The summed E-state index contributed by atoms with van der Waals surface area (Å²) < 4.78 is 0. The smallest absolute Gasteiger partial charge is 0.646 e. The number of carbonyl (C=O) groups is 1. The van der Waals surface area contributed by atoms with Crippen LogP contribution in [0.25, 0.3) is 5.32 Å². The third kappa shape index (κ3) is 4.30. The third-order valence-corrected chi connectivity index (χ3v) is 9.78. The Hall–Kier alpha value is 0.755. The molecule has 4 aliphatic rings. The molecule has 1 heterocycles. The van der Waals surface area contributed by atoms with E-state index in [0.29, 0.717) is 17.3 Å². The van der Waals surface area contributed by atoms with Gasteiger partial charge in [0.25, 0.3) is 0 Å². The molecule has 2 nitrogen and oxygen atoms in total. The van der Waals surface area contributed by atoms with E-state index in [1.165, 1.54) is 50.5 Å². The topological polar surface area (TPSA) is 31.2 Å². The van der Waals surface area contributed by atoms with E-state index >= 15 is 0 Å². The Morgan fingerprint density at radius 3 is 2.57 bits per heavy atom. The van der Waals surface area contributed by atoms with Crippen molar-refractivity contribution in [2.75, 3.05) is 0 Å². The largest absolute Gasteiger partial charge is 1.00 e. The summed E-state index contributed by atoms with van der Waals surface area (Å²) in [6, 6.07) is 0.116. The van der Waals surface area contributed by atoms with E-state index < -0.39 is 0 Å². The number of amides is 1. The standard InChI is InChI=1S/C27H43NO.Rb/c1-17(2)8-7-9-18(3)20-10-11-21-25-19(4)16-23-27(6,15-13-24(29)28-23)22(25)12-14-26(20,21)5;/h13,15,17-18,20-23,25H,4,7-12,14,16H2,1-3,5-6H3,(H,28,29);/q;+1/p-1/t18?,20-,21?,22?,23-,25?,26-,27-;/m1./s1. The summed E-state index contributed by atoms with van der Waals surface area (Å²) >= 11 is 0. The average Bonchev–Trinajstić information content (AvgIpc) is 3.00. The zero-order valence-corrected chi connectivity index (χ0v) is 25.3. The van der Waals surface area contributed by atoms with Crippen LogP contribution in [0.1, 0.15) is 86.0 Å². The van der Waals surface area contributed by atoms with Gasteiger partial charge in [-0.05, 0) is 84.5 Å². The van der Waals surface area contributed by atoms with Gasteiger partial charge in [0.2, 0.25) is 0 Å². The molecule has 1 aliphatic heterocycles. The molecule has 0 aromatic rings. The summed E-state index contributed by atoms with van der Waals surface area (Å²) in [7, 11) is 0. The molecule has 0 aromatic carbocycles. The molecule has 1 amide bonds. The number of fused-ring (bicyclic) bond motifs is 5. The second kappa shape index (κ2) is 9.55. The van der Waals surface area contributed by atoms with Crippen LogP contribution in [0.4, 0.5) is 0 Å². The predicted molar refractivity (Wildman–Crippen MR) is 122 cm³/mol. The van der Waals surface area contributed by atoms with E-state index in [1.54, 1.807) is 6.08 Å². The Morgan fingerprint density at radius 2 is 1.87 bits per heavy atom. The van der Waals surface area contributed by atoms with Crippen LogP contribution in [0.3, 0.4) is 0 Å². The van der Waals surface area contributed by atoms with Crippen molar-refractivity contribution in [1.29, 1.82) is 0 Å². The summed E-state index contributed by atoms with van der Waals surface area (Å²) in [5.74, 6) is 4.48. The van der Waals surface area contributed by atoms with Gasteiger partial charge in [-0.15, -0.1) is 6.04 Å². The molecular weight excluding hydrogens is 440 g/mol. The minimum absolute atomic E-state index is 0. The van der Waals surface area contributed by atoms with Gasteiger partial charge in [-0.1, -0.05) is 72.1 Å². The Balaban J connectivity index is 0.00000256. The second-order valence-electron chi connectivity index (χ2n) is 11.8. The van der Waals surface area contributed by atoms with Gasteiger partial charge in [0.05, 0.1) is 5.91 Å². The summed E-state index contributed by atoms with van der Waals surface area (Å²) in [5.41, 5.74) is 1.91.